The molecule has 0 atom stereocenters. The maximum absolute atomic E-state index is 4.05. The van der Waals surface area contributed by atoms with Crippen molar-refractivity contribution in [2.45, 2.75) is 64.6 Å². The molecule has 0 aliphatic rings. The Kier molecular flexibility index (Phi) is 7.55. The van der Waals surface area contributed by atoms with Crippen LogP contribution in [0, 0.1) is 0 Å². The molecule has 0 fully saturated rings. The Bertz CT molecular complexity index is 98.0. The molecule has 0 saturated carbocycles. The lowest BCUT2D eigenvalue weighted by atomic mass is 10.4. The first kappa shape index (κ1) is 12.7. The quantitative estimate of drug-likeness (QED) is 0.443. The van der Waals surface area contributed by atoms with Crippen molar-refractivity contribution in [1.82, 2.24) is 0 Å². The molecule has 0 aliphatic heterocycles. The zero-order valence-electron chi connectivity index (χ0n) is 8.83. The molecule has 12 heavy (non-hydrogen) atoms. The van der Waals surface area contributed by atoms with Gasteiger partial charge in [0.2, 0.25) is 0 Å². The van der Waals surface area contributed by atoms with E-state index in [1.165, 1.54) is 43.8 Å². The Morgan fingerprint density at radius 2 is 1.33 bits per heavy atom. The van der Waals surface area contributed by atoms with Gasteiger partial charge in [0.15, 0.2) is 0 Å². The predicted octanol–water partition coefficient (Wildman–Crippen LogP) is 4.95. The van der Waals surface area contributed by atoms with Gasteiger partial charge in [0.25, 0.3) is 0 Å². The first-order valence-electron chi connectivity index (χ1n) is 5.37. The second kappa shape index (κ2) is 7.13. The molecule has 0 N–H and O–H groups in total. The van der Waals surface area contributed by atoms with Crippen LogP contribution in [0.2, 0.25) is 18.1 Å². The number of hydrogen-bond donors (Lipinski definition) is 0. The van der Waals surface area contributed by atoms with Gasteiger partial charge in [0.1, 0.15) is 6.69 Å². The predicted molar refractivity (Wildman–Crippen MR) is 64.6 cm³/mol. The van der Waals surface area contributed by atoms with Gasteiger partial charge >= 0.3 is 0 Å². The summed E-state index contributed by atoms with van der Waals surface area (Å²) in [4.78, 5) is 0. The zero-order chi connectivity index (χ0) is 9.45. The van der Waals surface area contributed by atoms with Gasteiger partial charge in [-0.15, -0.1) is 15.3 Å². The van der Waals surface area contributed by atoms with Crippen LogP contribution in [0.4, 0.5) is 0 Å². The van der Waals surface area contributed by atoms with Crippen LogP contribution in [0.15, 0.2) is 0 Å². The third kappa shape index (κ3) is 5.36. The summed E-state index contributed by atoms with van der Waals surface area (Å²) in [6.07, 6.45) is 5.51. The maximum Gasteiger partial charge on any atom is 0.130 e. The molecule has 74 valence electrons. The molecule has 0 saturated heterocycles. The van der Waals surface area contributed by atoms with Crippen LogP contribution >= 0.6 is 15.3 Å². The van der Waals surface area contributed by atoms with Crippen LogP contribution in [-0.4, -0.2) is 6.69 Å². The molecular formula is C10H23BrSi. The van der Waals surface area contributed by atoms with Crippen molar-refractivity contribution in [2.24, 2.45) is 0 Å². The van der Waals surface area contributed by atoms with Gasteiger partial charge in [-0.05, 0) is 18.1 Å². The fourth-order valence-corrected chi connectivity index (χ4v) is 8.51. The second-order valence-electron chi connectivity index (χ2n) is 3.75. The first-order chi connectivity index (χ1) is 5.68. The van der Waals surface area contributed by atoms with Crippen LogP contribution in [0.1, 0.15) is 46.5 Å². The van der Waals surface area contributed by atoms with Crippen LogP contribution in [-0.2, 0) is 0 Å². The van der Waals surface area contributed by atoms with E-state index in [1.807, 2.05) is 0 Å². The molecule has 0 amide bonds. The Morgan fingerprint density at radius 1 is 0.833 bits per heavy atom. The third-order valence-electron chi connectivity index (χ3n) is 2.37. The monoisotopic (exact) mass is 250 g/mol. The normalized spacial score (nSPS) is 12.0. The smallest absolute Gasteiger partial charge is 0.126 e. The van der Waals surface area contributed by atoms with Gasteiger partial charge in [0.05, 0.1) is 0 Å². The largest absolute Gasteiger partial charge is 0.130 e. The Morgan fingerprint density at radius 3 is 1.67 bits per heavy atom. The summed E-state index contributed by atoms with van der Waals surface area (Å²) in [7, 11) is 0. The summed E-state index contributed by atoms with van der Waals surface area (Å²) in [5.41, 5.74) is 0. The van der Waals surface area contributed by atoms with Crippen molar-refractivity contribution >= 4 is 22.0 Å². The number of hydrogen-bond acceptors (Lipinski definition) is 0. The molecule has 0 aliphatic carbocycles. The van der Waals surface area contributed by atoms with Gasteiger partial charge in [-0.2, -0.15) is 0 Å². The SMILES string of the molecule is CCCC[Si](Br)(CCC)CCC. The zero-order valence-corrected chi connectivity index (χ0v) is 11.4. The van der Waals surface area contributed by atoms with Crippen molar-refractivity contribution in [3.63, 3.8) is 0 Å². The van der Waals surface area contributed by atoms with Gasteiger partial charge in [-0.3, -0.25) is 0 Å². The van der Waals surface area contributed by atoms with E-state index < -0.39 is 6.69 Å². The van der Waals surface area contributed by atoms with Gasteiger partial charge in [0, 0.05) is 0 Å². The molecular weight excluding hydrogens is 228 g/mol. The maximum atomic E-state index is 4.05. The van der Waals surface area contributed by atoms with Crippen LogP contribution in [0.5, 0.6) is 0 Å². The number of unbranched alkanes of at least 4 members (excludes halogenated alkanes) is 1. The summed E-state index contributed by atoms with van der Waals surface area (Å²) in [6.45, 7) is 5.95. The average molecular weight is 251 g/mol. The molecule has 0 radical (unpaired) electrons. The minimum absolute atomic E-state index is 0.958. The van der Waals surface area contributed by atoms with E-state index in [9.17, 15) is 0 Å². The van der Waals surface area contributed by atoms with Crippen LogP contribution in [0.3, 0.4) is 0 Å². The fourth-order valence-electron chi connectivity index (χ4n) is 1.76. The lowest BCUT2D eigenvalue weighted by molar-refractivity contribution is 0.853. The van der Waals surface area contributed by atoms with Crippen molar-refractivity contribution in [3.8, 4) is 0 Å². The molecule has 0 spiro atoms. The van der Waals surface area contributed by atoms with E-state index in [0.29, 0.717) is 0 Å². The summed E-state index contributed by atoms with van der Waals surface area (Å²) >= 11 is 4.05. The molecule has 0 heterocycles. The van der Waals surface area contributed by atoms with Gasteiger partial charge < -0.3 is 0 Å². The number of rotatable bonds is 7. The van der Waals surface area contributed by atoms with Crippen LogP contribution < -0.4 is 0 Å². The van der Waals surface area contributed by atoms with Gasteiger partial charge in [-0.1, -0.05) is 46.5 Å². The van der Waals surface area contributed by atoms with E-state index >= 15 is 0 Å². The van der Waals surface area contributed by atoms with E-state index in [4.69, 9.17) is 0 Å². The fraction of sp³-hybridized carbons (Fsp3) is 1.00. The Hall–Kier alpha value is 0.697. The molecule has 0 aromatic heterocycles. The highest BCUT2D eigenvalue weighted by Gasteiger charge is 2.26. The second-order valence-corrected chi connectivity index (χ2v) is 12.6. The minimum Gasteiger partial charge on any atom is -0.126 e. The van der Waals surface area contributed by atoms with E-state index in [1.54, 1.807) is 0 Å². The molecule has 0 aromatic rings. The Labute approximate surface area is 86.7 Å². The van der Waals surface area contributed by atoms with Crippen molar-refractivity contribution in [1.29, 1.82) is 0 Å². The third-order valence-corrected chi connectivity index (χ3v) is 9.98. The molecule has 2 heteroatoms. The topological polar surface area (TPSA) is 0 Å². The summed E-state index contributed by atoms with van der Waals surface area (Å²) < 4.78 is 0. The molecule has 0 nitrogen and oxygen atoms in total. The summed E-state index contributed by atoms with van der Waals surface area (Å²) in [5, 5.41) is 0. The molecule has 0 unspecified atom stereocenters. The Balaban J connectivity index is 3.80. The van der Waals surface area contributed by atoms with Crippen molar-refractivity contribution in [2.75, 3.05) is 0 Å². The lowest BCUT2D eigenvalue weighted by Crippen LogP contribution is -2.24. The van der Waals surface area contributed by atoms with Crippen LogP contribution in [0.25, 0.3) is 0 Å². The van der Waals surface area contributed by atoms with Crippen molar-refractivity contribution < 1.29 is 0 Å². The lowest BCUT2D eigenvalue weighted by Gasteiger charge is -2.23. The number of halogens is 1. The van der Waals surface area contributed by atoms with Gasteiger partial charge in [-0.25, -0.2) is 0 Å². The first-order valence-corrected chi connectivity index (χ1v) is 10.2. The van der Waals surface area contributed by atoms with E-state index in [2.05, 4.69) is 36.1 Å². The van der Waals surface area contributed by atoms with E-state index in [0.717, 1.165) is 0 Å². The highest BCUT2D eigenvalue weighted by molar-refractivity contribution is 9.26. The minimum atomic E-state index is -0.958. The summed E-state index contributed by atoms with van der Waals surface area (Å²) in [5.74, 6) is 0. The highest BCUT2D eigenvalue weighted by atomic mass is 79.9. The molecule has 0 rings (SSSR count). The van der Waals surface area contributed by atoms with Crippen molar-refractivity contribution in [3.05, 3.63) is 0 Å². The average Bonchev–Trinajstić information content (AvgIpc) is 2.02. The summed E-state index contributed by atoms with van der Waals surface area (Å²) in [6, 6.07) is 4.44. The molecule has 0 aromatic carbocycles. The standard InChI is InChI=1S/C10H23BrSi/c1-4-7-10-12(11,8-5-2)9-6-3/h4-10H2,1-3H3. The van der Waals surface area contributed by atoms with E-state index in [-0.39, 0.29) is 0 Å². The molecule has 0 bridgehead atoms. The highest BCUT2D eigenvalue weighted by Crippen LogP contribution is 2.32.